The second-order valence-electron chi connectivity index (χ2n) is 6.06. The Labute approximate surface area is 136 Å². The van der Waals surface area contributed by atoms with Crippen molar-refractivity contribution in [2.45, 2.75) is 26.8 Å². The highest BCUT2D eigenvalue weighted by Crippen LogP contribution is 2.21. The summed E-state index contributed by atoms with van der Waals surface area (Å²) in [6, 6.07) is 5.32. The van der Waals surface area contributed by atoms with Crippen molar-refractivity contribution in [1.29, 1.82) is 0 Å². The fourth-order valence-corrected chi connectivity index (χ4v) is 3.05. The van der Waals surface area contributed by atoms with E-state index in [-0.39, 0.29) is 23.8 Å². The minimum Gasteiger partial charge on any atom is -0.359 e. The minimum atomic E-state index is -0.432. The largest absolute Gasteiger partial charge is 0.359 e. The first-order chi connectivity index (χ1) is 10.8. The molecule has 2 atom stereocenters. The van der Waals surface area contributed by atoms with Crippen LogP contribution in [0.3, 0.4) is 0 Å². The quantitative estimate of drug-likeness (QED) is 0.858. The highest BCUT2D eigenvalue weighted by molar-refractivity contribution is 5.96. The zero-order chi connectivity index (χ0) is 17.1. The molecule has 0 aromatic heterocycles. The van der Waals surface area contributed by atoms with Crippen LogP contribution in [-0.4, -0.2) is 48.8 Å². The van der Waals surface area contributed by atoms with Crippen molar-refractivity contribution < 1.29 is 14.4 Å². The number of rotatable bonds is 3. The van der Waals surface area contributed by atoms with Crippen molar-refractivity contribution in [3.8, 4) is 0 Å². The van der Waals surface area contributed by atoms with Crippen LogP contribution < -0.4 is 10.6 Å². The summed E-state index contributed by atoms with van der Waals surface area (Å²) in [6.45, 7) is 5.93. The van der Waals surface area contributed by atoms with Gasteiger partial charge in [0.2, 0.25) is 11.8 Å². The first kappa shape index (κ1) is 17.0. The van der Waals surface area contributed by atoms with Crippen molar-refractivity contribution in [3.05, 3.63) is 34.9 Å². The van der Waals surface area contributed by atoms with Gasteiger partial charge in [-0.15, -0.1) is 0 Å². The van der Waals surface area contributed by atoms with E-state index in [4.69, 9.17) is 0 Å². The molecule has 0 radical (unpaired) electrons. The molecule has 0 saturated carbocycles. The Morgan fingerprint density at radius 3 is 2.43 bits per heavy atom. The molecule has 0 spiro atoms. The topological polar surface area (TPSA) is 78.5 Å². The van der Waals surface area contributed by atoms with Crippen molar-refractivity contribution in [1.82, 2.24) is 15.5 Å². The lowest BCUT2D eigenvalue weighted by Gasteiger charge is -2.18. The molecule has 1 heterocycles. The Bertz CT molecular complexity index is 642. The molecule has 3 amide bonds. The van der Waals surface area contributed by atoms with Gasteiger partial charge in [-0.25, -0.2) is 0 Å². The maximum absolute atomic E-state index is 12.7. The maximum Gasteiger partial charge on any atom is 0.254 e. The number of hydrogen-bond donors (Lipinski definition) is 2. The molecule has 0 unspecified atom stereocenters. The fraction of sp³-hybridized carbons (Fsp3) is 0.471. The van der Waals surface area contributed by atoms with E-state index in [0.29, 0.717) is 18.7 Å². The zero-order valence-corrected chi connectivity index (χ0v) is 14.0. The number of hydrogen-bond acceptors (Lipinski definition) is 3. The first-order valence-corrected chi connectivity index (χ1v) is 7.68. The van der Waals surface area contributed by atoms with Gasteiger partial charge in [-0.2, -0.15) is 0 Å². The summed E-state index contributed by atoms with van der Waals surface area (Å²) in [5, 5.41) is 5.37. The molecule has 2 N–H and O–H groups in total. The van der Waals surface area contributed by atoms with E-state index in [1.54, 1.807) is 11.9 Å². The van der Waals surface area contributed by atoms with Gasteiger partial charge < -0.3 is 15.5 Å². The number of likely N-dealkylation sites (tertiary alicyclic amines) is 1. The van der Waals surface area contributed by atoms with E-state index in [9.17, 15) is 14.4 Å². The molecule has 2 rings (SSSR count). The van der Waals surface area contributed by atoms with E-state index in [0.717, 1.165) is 11.1 Å². The molecule has 6 nitrogen and oxygen atoms in total. The summed E-state index contributed by atoms with van der Waals surface area (Å²) < 4.78 is 0. The molecular weight excluding hydrogens is 294 g/mol. The van der Waals surface area contributed by atoms with Gasteiger partial charge in [-0.05, 0) is 25.5 Å². The number of carbonyl (C=O) groups is 3. The monoisotopic (exact) mass is 317 g/mol. The summed E-state index contributed by atoms with van der Waals surface area (Å²) in [6.07, 6.45) is 0. The Morgan fingerprint density at radius 1 is 1.17 bits per heavy atom. The van der Waals surface area contributed by atoms with Gasteiger partial charge in [0, 0.05) is 32.6 Å². The smallest absolute Gasteiger partial charge is 0.254 e. The van der Waals surface area contributed by atoms with Crippen LogP contribution in [0.15, 0.2) is 18.2 Å². The van der Waals surface area contributed by atoms with Gasteiger partial charge in [-0.3, -0.25) is 14.4 Å². The van der Waals surface area contributed by atoms with E-state index >= 15 is 0 Å². The number of nitrogens with zero attached hydrogens (tertiary/aromatic N) is 1. The van der Waals surface area contributed by atoms with Crippen molar-refractivity contribution >= 4 is 17.7 Å². The Morgan fingerprint density at radius 2 is 1.87 bits per heavy atom. The summed E-state index contributed by atoms with van der Waals surface area (Å²) in [7, 11) is 1.56. The Kier molecular flexibility index (Phi) is 5.03. The van der Waals surface area contributed by atoms with Gasteiger partial charge in [-0.1, -0.05) is 17.7 Å². The van der Waals surface area contributed by atoms with Crippen LogP contribution in [0.5, 0.6) is 0 Å². The third-order valence-electron chi connectivity index (χ3n) is 4.19. The molecule has 1 aromatic carbocycles. The van der Waals surface area contributed by atoms with Crippen molar-refractivity contribution in [3.63, 3.8) is 0 Å². The molecule has 23 heavy (non-hydrogen) atoms. The summed E-state index contributed by atoms with van der Waals surface area (Å²) >= 11 is 0. The number of aryl methyl sites for hydroxylation is 2. The predicted molar refractivity (Wildman–Crippen MR) is 87.0 cm³/mol. The summed E-state index contributed by atoms with van der Waals surface area (Å²) in [4.78, 5) is 37.8. The highest BCUT2D eigenvalue weighted by atomic mass is 16.2. The highest BCUT2D eigenvalue weighted by Gasteiger charge is 2.40. The standard InChI is InChI=1S/C17H23N3O3/c1-10-5-6-13(11(2)7-10)17(23)20-8-14(16(22)18-4)15(9-20)19-12(3)21/h5-7,14-15H,8-9H2,1-4H3,(H,18,22)(H,19,21)/t14-,15-/m0/s1. The predicted octanol–water partition coefficient (Wildman–Crippen LogP) is 0.626. The minimum absolute atomic E-state index is 0.107. The Hall–Kier alpha value is -2.37. The van der Waals surface area contributed by atoms with Gasteiger partial charge in [0.05, 0.1) is 12.0 Å². The van der Waals surface area contributed by atoms with E-state index in [2.05, 4.69) is 10.6 Å². The van der Waals surface area contributed by atoms with Crippen LogP contribution in [0.2, 0.25) is 0 Å². The van der Waals surface area contributed by atoms with Gasteiger partial charge >= 0.3 is 0 Å². The van der Waals surface area contributed by atoms with Gasteiger partial charge in [0.1, 0.15) is 0 Å². The SMILES string of the molecule is CNC(=O)[C@H]1CN(C(=O)c2ccc(C)cc2C)C[C@@H]1NC(C)=O. The van der Waals surface area contributed by atoms with Gasteiger partial charge in [0.25, 0.3) is 5.91 Å². The molecule has 1 aliphatic rings. The van der Waals surface area contributed by atoms with Crippen LogP contribution in [-0.2, 0) is 9.59 Å². The third-order valence-corrected chi connectivity index (χ3v) is 4.19. The zero-order valence-electron chi connectivity index (χ0n) is 14.0. The lowest BCUT2D eigenvalue weighted by atomic mass is 10.0. The molecule has 124 valence electrons. The fourth-order valence-electron chi connectivity index (χ4n) is 3.05. The average Bonchev–Trinajstić information content (AvgIpc) is 2.89. The Balaban J connectivity index is 2.21. The van der Waals surface area contributed by atoms with E-state index < -0.39 is 5.92 Å². The lowest BCUT2D eigenvalue weighted by Crippen LogP contribution is -2.44. The van der Waals surface area contributed by atoms with Crippen LogP contribution in [0.4, 0.5) is 0 Å². The van der Waals surface area contributed by atoms with Crippen LogP contribution >= 0.6 is 0 Å². The van der Waals surface area contributed by atoms with E-state index in [1.807, 2.05) is 32.0 Å². The maximum atomic E-state index is 12.7. The van der Waals surface area contributed by atoms with Crippen molar-refractivity contribution in [2.24, 2.45) is 5.92 Å². The number of amides is 3. The molecule has 1 fully saturated rings. The molecule has 0 aliphatic carbocycles. The molecule has 6 heteroatoms. The number of benzene rings is 1. The van der Waals surface area contributed by atoms with Crippen LogP contribution in [0.1, 0.15) is 28.4 Å². The molecule has 1 aliphatic heterocycles. The van der Waals surface area contributed by atoms with E-state index in [1.165, 1.54) is 6.92 Å². The van der Waals surface area contributed by atoms with Crippen LogP contribution in [0.25, 0.3) is 0 Å². The van der Waals surface area contributed by atoms with Crippen molar-refractivity contribution in [2.75, 3.05) is 20.1 Å². The number of nitrogens with one attached hydrogen (secondary N) is 2. The second-order valence-corrected chi connectivity index (χ2v) is 6.06. The molecule has 1 saturated heterocycles. The molecule has 0 bridgehead atoms. The molecular formula is C17H23N3O3. The normalized spacial score (nSPS) is 20.3. The van der Waals surface area contributed by atoms with Crippen LogP contribution in [0, 0.1) is 19.8 Å². The second kappa shape index (κ2) is 6.81. The summed E-state index contributed by atoms with van der Waals surface area (Å²) in [5.41, 5.74) is 2.64. The molecule has 1 aromatic rings. The third kappa shape index (κ3) is 3.70. The van der Waals surface area contributed by atoms with Gasteiger partial charge in [0.15, 0.2) is 0 Å². The lowest BCUT2D eigenvalue weighted by molar-refractivity contribution is -0.125. The summed E-state index contributed by atoms with van der Waals surface area (Å²) in [5.74, 6) is -0.910. The number of carbonyl (C=O) groups excluding carboxylic acids is 3. The first-order valence-electron chi connectivity index (χ1n) is 7.68. The average molecular weight is 317 g/mol.